The highest BCUT2D eigenvalue weighted by Gasteiger charge is 2.32. The predicted molar refractivity (Wildman–Crippen MR) is 80.3 cm³/mol. The van der Waals surface area contributed by atoms with E-state index >= 15 is 0 Å². The first-order valence-corrected chi connectivity index (χ1v) is 7.04. The number of nitrogens with zero attached hydrogens (tertiary/aromatic N) is 1. The molecule has 6 nitrogen and oxygen atoms in total. The van der Waals surface area contributed by atoms with Crippen LogP contribution in [0.5, 0.6) is 0 Å². The largest absolute Gasteiger partial charge is 0.358 e. The lowest BCUT2D eigenvalue weighted by atomic mass is 10.0. The lowest BCUT2D eigenvalue weighted by molar-refractivity contribution is -0.136. The highest BCUT2D eigenvalue weighted by atomic mass is 16.2. The molecule has 1 aliphatic heterocycles. The Labute approximate surface area is 124 Å². The van der Waals surface area contributed by atoms with Crippen LogP contribution in [0.2, 0.25) is 0 Å². The Morgan fingerprint density at radius 2 is 1.95 bits per heavy atom. The molecule has 2 rings (SSSR count). The highest BCUT2D eigenvalue weighted by molar-refractivity contribution is 5.87. The van der Waals surface area contributed by atoms with Crippen LogP contribution >= 0.6 is 0 Å². The van der Waals surface area contributed by atoms with Gasteiger partial charge >= 0.3 is 0 Å². The van der Waals surface area contributed by atoms with E-state index in [1.54, 1.807) is 14.1 Å². The lowest BCUT2D eigenvalue weighted by Crippen LogP contribution is -2.46. The maximum absolute atomic E-state index is 12.3. The molecule has 0 saturated carbocycles. The van der Waals surface area contributed by atoms with Crippen molar-refractivity contribution < 1.29 is 9.59 Å². The van der Waals surface area contributed by atoms with Gasteiger partial charge in [-0.05, 0) is 18.9 Å². The normalized spacial score (nSPS) is 21.1. The number of hydrogen-bond donors (Lipinski definition) is 3. The van der Waals surface area contributed by atoms with Crippen LogP contribution < -0.4 is 16.2 Å². The summed E-state index contributed by atoms with van der Waals surface area (Å²) in [6.45, 7) is 2.12. The van der Waals surface area contributed by atoms with Gasteiger partial charge in [-0.1, -0.05) is 29.8 Å². The number of hydrazine groups is 1. The molecule has 0 aliphatic carbocycles. The maximum atomic E-state index is 12.3. The number of carbonyl (C=O) groups excluding carboxylic acids is 2. The maximum Gasteiger partial charge on any atom is 0.241 e. The quantitative estimate of drug-likeness (QED) is 0.736. The highest BCUT2D eigenvalue weighted by Crippen LogP contribution is 2.23. The molecule has 114 valence electrons. The summed E-state index contributed by atoms with van der Waals surface area (Å²) < 4.78 is 0. The van der Waals surface area contributed by atoms with E-state index in [0.29, 0.717) is 6.42 Å². The van der Waals surface area contributed by atoms with Crippen molar-refractivity contribution in [2.24, 2.45) is 0 Å². The van der Waals surface area contributed by atoms with Crippen LogP contribution in [0.3, 0.4) is 0 Å². The van der Waals surface area contributed by atoms with Crippen molar-refractivity contribution in [2.45, 2.75) is 25.4 Å². The van der Waals surface area contributed by atoms with Crippen LogP contribution in [-0.2, 0) is 9.59 Å². The van der Waals surface area contributed by atoms with E-state index in [9.17, 15) is 9.59 Å². The van der Waals surface area contributed by atoms with Crippen molar-refractivity contribution in [1.82, 2.24) is 21.1 Å². The molecule has 0 spiro atoms. The standard InChI is InChI=1S/C15H22N4O2/c1-10-4-6-11(7-5-10)12-8-13(18-17-12)15(21)19(3)9-14(20)16-2/h4-7,12-13,17-18H,8-9H2,1-3H3,(H,16,20). The van der Waals surface area contributed by atoms with Gasteiger partial charge in [-0.2, -0.15) is 0 Å². The van der Waals surface area contributed by atoms with Gasteiger partial charge in [0.25, 0.3) is 0 Å². The zero-order valence-electron chi connectivity index (χ0n) is 12.6. The van der Waals surface area contributed by atoms with Crippen molar-refractivity contribution in [3.05, 3.63) is 35.4 Å². The van der Waals surface area contributed by atoms with Crippen LogP contribution in [0.1, 0.15) is 23.6 Å². The van der Waals surface area contributed by atoms with Crippen LogP contribution in [0.4, 0.5) is 0 Å². The van der Waals surface area contributed by atoms with Crippen LogP contribution in [-0.4, -0.2) is 43.4 Å². The minimum Gasteiger partial charge on any atom is -0.358 e. The van der Waals surface area contributed by atoms with E-state index < -0.39 is 0 Å². The average Bonchev–Trinajstić information content (AvgIpc) is 2.96. The minimum atomic E-state index is -0.314. The Bertz CT molecular complexity index is 515. The van der Waals surface area contributed by atoms with Crippen molar-refractivity contribution in [3.63, 3.8) is 0 Å². The smallest absolute Gasteiger partial charge is 0.241 e. The first kappa shape index (κ1) is 15.5. The molecule has 1 aromatic carbocycles. The third-order valence-electron chi connectivity index (χ3n) is 3.72. The van der Waals surface area contributed by atoms with Crippen molar-refractivity contribution in [2.75, 3.05) is 20.6 Å². The van der Waals surface area contributed by atoms with Gasteiger partial charge in [-0.3, -0.25) is 9.59 Å². The fourth-order valence-electron chi connectivity index (χ4n) is 2.37. The SMILES string of the molecule is CNC(=O)CN(C)C(=O)C1CC(c2ccc(C)cc2)NN1. The van der Waals surface area contributed by atoms with Crippen LogP contribution in [0, 0.1) is 6.92 Å². The molecule has 1 aliphatic rings. The number of nitrogens with one attached hydrogen (secondary N) is 3. The summed E-state index contributed by atoms with van der Waals surface area (Å²) >= 11 is 0. The van der Waals surface area contributed by atoms with Crippen molar-refractivity contribution >= 4 is 11.8 Å². The Kier molecular flexibility index (Phi) is 4.93. The number of aryl methyl sites for hydroxylation is 1. The van der Waals surface area contributed by atoms with E-state index in [2.05, 4.69) is 40.4 Å². The molecule has 21 heavy (non-hydrogen) atoms. The zero-order chi connectivity index (χ0) is 15.4. The van der Waals surface area contributed by atoms with E-state index in [-0.39, 0.29) is 30.4 Å². The molecule has 0 radical (unpaired) electrons. The molecule has 1 fully saturated rings. The van der Waals surface area contributed by atoms with Gasteiger partial charge in [-0.15, -0.1) is 0 Å². The van der Waals surface area contributed by atoms with E-state index in [4.69, 9.17) is 0 Å². The van der Waals surface area contributed by atoms with E-state index in [1.165, 1.54) is 10.5 Å². The van der Waals surface area contributed by atoms with Gasteiger partial charge in [0.2, 0.25) is 11.8 Å². The Morgan fingerprint density at radius 1 is 1.29 bits per heavy atom. The van der Waals surface area contributed by atoms with Gasteiger partial charge in [-0.25, -0.2) is 10.9 Å². The number of amides is 2. The average molecular weight is 290 g/mol. The summed E-state index contributed by atoms with van der Waals surface area (Å²) in [5, 5.41) is 2.51. The second-order valence-corrected chi connectivity index (χ2v) is 5.41. The minimum absolute atomic E-state index is 0.0721. The summed E-state index contributed by atoms with van der Waals surface area (Å²) in [6.07, 6.45) is 0.667. The summed E-state index contributed by atoms with van der Waals surface area (Å²) in [6, 6.07) is 8.04. The first-order chi connectivity index (χ1) is 10.0. The van der Waals surface area contributed by atoms with Gasteiger partial charge in [0, 0.05) is 20.1 Å². The van der Waals surface area contributed by atoms with Crippen LogP contribution in [0.15, 0.2) is 24.3 Å². The number of carbonyl (C=O) groups is 2. The zero-order valence-corrected chi connectivity index (χ0v) is 12.6. The first-order valence-electron chi connectivity index (χ1n) is 7.04. The third kappa shape index (κ3) is 3.80. The van der Waals surface area contributed by atoms with Crippen LogP contribution in [0.25, 0.3) is 0 Å². The van der Waals surface area contributed by atoms with Gasteiger partial charge in [0.05, 0.1) is 6.54 Å². The van der Waals surface area contributed by atoms with E-state index in [0.717, 1.165) is 5.56 Å². The molecule has 2 unspecified atom stereocenters. The molecular weight excluding hydrogens is 268 g/mol. The summed E-state index contributed by atoms with van der Waals surface area (Å²) in [4.78, 5) is 25.0. The van der Waals surface area contributed by atoms with Gasteiger partial charge in [0.1, 0.15) is 6.04 Å². The van der Waals surface area contributed by atoms with E-state index in [1.807, 2.05) is 6.92 Å². The fraction of sp³-hybridized carbons (Fsp3) is 0.467. The molecule has 3 N–H and O–H groups in total. The molecule has 1 heterocycles. The number of rotatable bonds is 4. The molecule has 6 heteroatoms. The Morgan fingerprint density at radius 3 is 2.57 bits per heavy atom. The molecular formula is C15H22N4O2. The summed E-state index contributed by atoms with van der Waals surface area (Å²) in [5.74, 6) is -0.257. The monoisotopic (exact) mass is 290 g/mol. The predicted octanol–water partition coefficient (Wildman–Crippen LogP) is 0.107. The number of hydrogen-bond acceptors (Lipinski definition) is 4. The van der Waals surface area contributed by atoms with Gasteiger partial charge in [0.15, 0.2) is 0 Å². The van der Waals surface area contributed by atoms with Crippen molar-refractivity contribution in [3.8, 4) is 0 Å². The summed E-state index contributed by atoms with van der Waals surface area (Å²) in [7, 11) is 3.20. The fourth-order valence-corrected chi connectivity index (χ4v) is 2.37. The van der Waals surface area contributed by atoms with Crippen molar-refractivity contribution in [1.29, 1.82) is 0 Å². The Hall–Kier alpha value is -1.92. The van der Waals surface area contributed by atoms with Gasteiger partial charge < -0.3 is 10.2 Å². The molecule has 2 amide bonds. The lowest BCUT2D eigenvalue weighted by Gasteiger charge is -2.19. The Balaban J connectivity index is 1.93. The molecule has 0 bridgehead atoms. The molecule has 2 atom stereocenters. The topological polar surface area (TPSA) is 73.5 Å². The summed E-state index contributed by atoms with van der Waals surface area (Å²) in [5.41, 5.74) is 8.53. The molecule has 0 aromatic heterocycles. The number of likely N-dealkylation sites (N-methyl/N-ethyl adjacent to an activating group) is 2. The second kappa shape index (κ2) is 6.69. The number of benzene rings is 1. The molecule has 1 saturated heterocycles. The third-order valence-corrected chi connectivity index (χ3v) is 3.72. The second-order valence-electron chi connectivity index (χ2n) is 5.41. The molecule has 1 aromatic rings.